The van der Waals surface area contributed by atoms with Crippen molar-refractivity contribution in [1.29, 1.82) is 0 Å². The molecule has 140 valence electrons. The number of hydrogen-bond acceptors (Lipinski definition) is 3. The summed E-state index contributed by atoms with van der Waals surface area (Å²) in [6.07, 6.45) is 4.39. The molecule has 1 atom stereocenters. The summed E-state index contributed by atoms with van der Waals surface area (Å²) < 4.78 is 0. The van der Waals surface area contributed by atoms with Gasteiger partial charge in [-0.15, -0.1) is 0 Å². The molecule has 2 fully saturated rings. The Morgan fingerprint density at radius 3 is 2.58 bits per heavy atom. The number of imide groups is 1. The Labute approximate surface area is 154 Å². The lowest BCUT2D eigenvalue weighted by molar-refractivity contribution is -0.131. The maximum absolute atomic E-state index is 12.6. The molecule has 1 aromatic rings. The summed E-state index contributed by atoms with van der Waals surface area (Å²) in [6.45, 7) is 2.79. The molecule has 1 spiro atoms. The van der Waals surface area contributed by atoms with Crippen LogP contribution in [0.25, 0.3) is 0 Å². The van der Waals surface area contributed by atoms with E-state index in [4.69, 9.17) is 0 Å². The number of hydrogen-bond donors (Lipinski definition) is 2. The van der Waals surface area contributed by atoms with Gasteiger partial charge in [-0.3, -0.25) is 14.5 Å². The Balaban J connectivity index is 1.48. The summed E-state index contributed by atoms with van der Waals surface area (Å²) in [4.78, 5) is 38.1. The average Bonchev–Trinajstić information content (AvgIpc) is 3.21. The van der Waals surface area contributed by atoms with E-state index in [0.717, 1.165) is 19.3 Å². The van der Waals surface area contributed by atoms with E-state index >= 15 is 0 Å². The molecule has 0 aromatic heterocycles. The van der Waals surface area contributed by atoms with E-state index in [-0.39, 0.29) is 36.7 Å². The molecular weight excluding hydrogens is 330 g/mol. The number of rotatable bonds is 7. The monoisotopic (exact) mass is 357 g/mol. The van der Waals surface area contributed by atoms with Gasteiger partial charge in [-0.2, -0.15) is 0 Å². The largest absolute Gasteiger partial charge is 0.355 e. The predicted molar refractivity (Wildman–Crippen MR) is 98.5 cm³/mol. The summed E-state index contributed by atoms with van der Waals surface area (Å²) in [7, 11) is 0. The first-order valence-corrected chi connectivity index (χ1v) is 9.51. The van der Waals surface area contributed by atoms with E-state index in [1.165, 1.54) is 10.5 Å². The normalized spacial score (nSPS) is 19.7. The Hall–Kier alpha value is -2.37. The van der Waals surface area contributed by atoms with Crippen LogP contribution in [-0.4, -0.2) is 41.4 Å². The highest BCUT2D eigenvalue weighted by molar-refractivity contribution is 6.07. The Bertz CT molecular complexity index is 668. The van der Waals surface area contributed by atoms with E-state index in [1.54, 1.807) is 0 Å². The van der Waals surface area contributed by atoms with Crippen molar-refractivity contribution in [3.05, 3.63) is 35.9 Å². The highest BCUT2D eigenvalue weighted by Gasteiger charge is 2.52. The highest BCUT2D eigenvalue weighted by atomic mass is 16.2. The van der Waals surface area contributed by atoms with Crippen molar-refractivity contribution in [2.45, 2.75) is 56.9 Å². The quantitative estimate of drug-likeness (QED) is 0.736. The molecule has 1 heterocycles. The molecule has 6 heteroatoms. The smallest absolute Gasteiger partial charge is 0.325 e. The summed E-state index contributed by atoms with van der Waals surface area (Å²) in [5, 5.41) is 5.78. The van der Waals surface area contributed by atoms with Gasteiger partial charge in [0.25, 0.3) is 5.91 Å². The molecule has 1 unspecified atom stereocenters. The van der Waals surface area contributed by atoms with E-state index in [2.05, 4.69) is 29.7 Å². The van der Waals surface area contributed by atoms with E-state index in [0.29, 0.717) is 19.4 Å². The van der Waals surface area contributed by atoms with Gasteiger partial charge < -0.3 is 10.6 Å². The van der Waals surface area contributed by atoms with Crippen LogP contribution in [0.5, 0.6) is 0 Å². The molecule has 1 aliphatic carbocycles. The van der Waals surface area contributed by atoms with Gasteiger partial charge in [0, 0.05) is 25.4 Å². The van der Waals surface area contributed by atoms with Crippen molar-refractivity contribution in [2.24, 2.45) is 0 Å². The number of carbonyl (C=O) groups excluding carboxylic acids is 3. The van der Waals surface area contributed by atoms with Crippen LogP contribution in [0.4, 0.5) is 4.79 Å². The highest BCUT2D eigenvalue weighted by Crippen LogP contribution is 2.35. The molecule has 26 heavy (non-hydrogen) atoms. The van der Waals surface area contributed by atoms with Gasteiger partial charge in [0.2, 0.25) is 5.91 Å². The summed E-state index contributed by atoms with van der Waals surface area (Å²) in [5.41, 5.74) is 0.501. The Morgan fingerprint density at radius 2 is 1.92 bits per heavy atom. The maximum Gasteiger partial charge on any atom is 0.325 e. The minimum atomic E-state index is -0.700. The molecule has 6 nitrogen and oxygen atoms in total. The van der Waals surface area contributed by atoms with E-state index in [9.17, 15) is 14.4 Å². The molecule has 0 bridgehead atoms. The molecule has 4 amide bonds. The van der Waals surface area contributed by atoms with Crippen LogP contribution in [-0.2, 0) is 9.59 Å². The number of benzene rings is 1. The van der Waals surface area contributed by atoms with Crippen LogP contribution in [0.1, 0.15) is 56.9 Å². The third-order valence-electron chi connectivity index (χ3n) is 5.57. The lowest BCUT2D eigenvalue weighted by atomic mass is 9.96. The molecule has 1 saturated carbocycles. The van der Waals surface area contributed by atoms with Crippen LogP contribution in [0, 0.1) is 0 Å². The van der Waals surface area contributed by atoms with Crippen LogP contribution < -0.4 is 10.6 Å². The van der Waals surface area contributed by atoms with Crippen LogP contribution in [0.15, 0.2) is 30.3 Å². The summed E-state index contributed by atoms with van der Waals surface area (Å²) in [5.74, 6) is -0.0329. The van der Waals surface area contributed by atoms with Gasteiger partial charge >= 0.3 is 6.03 Å². The molecule has 1 aromatic carbocycles. The second-order valence-electron chi connectivity index (χ2n) is 7.25. The SMILES string of the molecule is CCC(CNC(=O)CCN1C(=O)NC2(CCCC2)C1=O)c1ccccc1. The number of amides is 4. The van der Waals surface area contributed by atoms with E-state index in [1.807, 2.05) is 18.2 Å². The minimum absolute atomic E-state index is 0.132. The van der Waals surface area contributed by atoms with Crippen LogP contribution in [0.3, 0.4) is 0 Å². The van der Waals surface area contributed by atoms with Crippen molar-refractivity contribution in [3.8, 4) is 0 Å². The number of carbonyl (C=O) groups is 3. The fourth-order valence-corrected chi connectivity index (χ4v) is 3.96. The maximum atomic E-state index is 12.6. The fraction of sp³-hybridized carbons (Fsp3) is 0.550. The van der Waals surface area contributed by atoms with Gasteiger partial charge in [0.15, 0.2) is 0 Å². The molecule has 2 N–H and O–H groups in total. The second kappa shape index (κ2) is 7.89. The van der Waals surface area contributed by atoms with Gasteiger partial charge in [-0.05, 0) is 24.8 Å². The lowest BCUT2D eigenvalue weighted by Crippen LogP contribution is -2.44. The molecule has 0 radical (unpaired) electrons. The zero-order valence-corrected chi connectivity index (χ0v) is 15.3. The van der Waals surface area contributed by atoms with Gasteiger partial charge in [0.1, 0.15) is 5.54 Å². The Kier molecular flexibility index (Phi) is 5.59. The lowest BCUT2D eigenvalue weighted by Gasteiger charge is -2.20. The number of urea groups is 1. The standard InChI is InChI=1S/C20H27N3O3/c1-2-15(16-8-4-3-5-9-16)14-21-17(24)10-13-23-18(25)20(22-19(23)26)11-6-7-12-20/h3-5,8-9,15H,2,6-7,10-14H2,1H3,(H,21,24)(H,22,26). The van der Waals surface area contributed by atoms with Crippen molar-refractivity contribution in [2.75, 3.05) is 13.1 Å². The number of nitrogens with one attached hydrogen (secondary N) is 2. The zero-order valence-electron chi connectivity index (χ0n) is 15.3. The molecule has 1 saturated heterocycles. The first kappa shape index (κ1) is 18.4. The predicted octanol–water partition coefficient (Wildman–Crippen LogP) is 2.55. The summed E-state index contributed by atoms with van der Waals surface area (Å²) in [6, 6.07) is 9.74. The third kappa shape index (κ3) is 3.74. The average molecular weight is 357 g/mol. The molecule has 3 rings (SSSR count). The molecule has 1 aliphatic heterocycles. The van der Waals surface area contributed by atoms with Crippen molar-refractivity contribution in [1.82, 2.24) is 15.5 Å². The summed E-state index contributed by atoms with van der Waals surface area (Å²) >= 11 is 0. The Morgan fingerprint density at radius 1 is 1.23 bits per heavy atom. The van der Waals surface area contributed by atoms with Crippen molar-refractivity contribution < 1.29 is 14.4 Å². The fourth-order valence-electron chi connectivity index (χ4n) is 3.96. The second-order valence-corrected chi connectivity index (χ2v) is 7.25. The first-order valence-electron chi connectivity index (χ1n) is 9.51. The molecular formula is C20H27N3O3. The topological polar surface area (TPSA) is 78.5 Å². The van der Waals surface area contributed by atoms with Gasteiger partial charge in [0.05, 0.1) is 0 Å². The van der Waals surface area contributed by atoms with Gasteiger partial charge in [-0.1, -0.05) is 50.1 Å². The third-order valence-corrected chi connectivity index (χ3v) is 5.57. The molecule has 2 aliphatic rings. The van der Waals surface area contributed by atoms with Crippen LogP contribution >= 0.6 is 0 Å². The minimum Gasteiger partial charge on any atom is -0.355 e. The van der Waals surface area contributed by atoms with Crippen molar-refractivity contribution >= 4 is 17.8 Å². The van der Waals surface area contributed by atoms with Crippen LogP contribution in [0.2, 0.25) is 0 Å². The first-order chi connectivity index (χ1) is 12.6. The van der Waals surface area contributed by atoms with Gasteiger partial charge in [-0.25, -0.2) is 4.79 Å². The van der Waals surface area contributed by atoms with Crippen molar-refractivity contribution in [3.63, 3.8) is 0 Å². The van der Waals surface area contributed by atoms with E-state index < -0.39 is 5.54 Å². The zero-order chi connectivity index (χ0) is 18.6. The number of nitrogens with zero attached hydrogens (tertiary/aromatic N) is 1.